The Bertz CT molecular complexity index is 1320. The summed E-state index contributed by atoms with van der Waals surface area (Å²) in [5.41, 5.74) is 4.56. The molecule has 3 aromatic rings. The molecular formula is C28H24ClNO3S2. The molecule has 7 heteroatoms. The predicted molar refractivity (Wildman–Crippen MR) is 150 cm³/mol. The average molecular weight is 522 g/mol. The van der Waals surface area contributed by atoms with Gasteiger partial charge in [0.25, 0.3) is 5.91 Å². The van der Waals surface area contributed by atoms with E-state index in [1.807, 2.05) is 79.7 Å². The molecule has 0 bridgehead atoms. The first-order valence-electron chi connectivity index (χ1n) is 10.9. The second-order valence-corrected chi connectivity index (χ2v) is 10.1. The summed E-state index contributed by atoms with van der Waals surface area (Å²) in [5.74, 6) is 1.09. The zero-order valence-electron chi connectivity index (χ0n) is 19.4. The number of hydrogen-bond acceptors (Lipinski definition) is 5. The van der Waals surface area contributed by atoms with Crippen molar-refractivity contribution in [3.05, 3.63) is 106 Å². The maximum Gasteiger partial charge on any atom is 0.270 e. The number of hydrogen-bond donors (Lipinski definition) is 0. The monoisotopic (exact) mass is 521 g/mol. The molecule has 0 aromatic heterocycles. The van der Waals surface area contributed by atoms with Gasteiger partial charge in [0, 0.05) is 10.6 Å². The fraction of sp³-hybridized carbons (Fsp3) is 0.143. The second kappa shape index (κ2) is 11.1. The second-order valence-electron chi connectivity index (χ2n) is 7.98. The summed E-state index contributed by atoms with van der Waals surface area (Å²) >= 11 is 12.8. The van der Waals surface area contributed by atoms with Gasteiger partial charge in [-0.15, -0.1) is 6.58 Å². The minimum atomic E-state index is -0.141. The standard InChI is InChI=1S/C28H24ClNO3S2/c1-4-6-21-14-20(15-24(32-3)26(21)33-17-19-9-11-22(29)12-10-19)16-25-27(31)30(28(34)35-25)23-8-5-7-18(2)13-23/h4-5,7-16H,1,6,17H2,2-3H3/b25-16+. The van der Waals surface area contributed by atoms with Crippen molar-refractivity contribution in [2.75, 3.05) is 12.0 Å². The summed E-state index contributed by atoms with van der Waals surface area (Å²) in [6.07, 6.45) is 4.23. The number of anilines is 1. The summed E-state index contributed by atoms with van der Waals surface area (Å²) in [6.45, 7) is 6.23. The third-order valence-corrected chi connectivity index (χ3v) is 6.94. The minimum absolute atomic E-state index is 0.141. The summed E-state index contributed by atoms with van der Waals surface area (Å²) in [5, 5.41) is 0.677. The first-order chi connectivity index (χ1) is 16.9. The van der Waals surface area contributed by atoms with Crippen molar-refractivity contribution in [3.8, 4) is 11.5 Å². The smallest absolute Gasteiger partial charge is 0.270 e. The third kappa shape index (κ3) is 5.78. The van der Waals surface area contributed by atoms with Crippen molar-refractivity contribution in [1.29, 1.82) is 0 Å². The Balaban J connectivity index is 1.64. The van der Waals surface area contributed by atoms with Crippen LogP contribution in [0.2, 0.25) is 5.02 Å². The van der Waals surface area contributed by atoms with E-state index in [1.54, 1.807) is 12.0 Å². The summed E-state index contributed by atoms with van der Waals surface area (Å²) in [4.78, 5) is 15.3. The highest BCUT2D eigenvalue weighted by Gasteiger charge is 2.33. The number of halogens is 1. The van der Waals surface area contributed by atoms with Gasteiger partial charge in [0.05, 0.1) is 17.7 Å². The normalized spacial score (nSPS) is 14.5. The molecule has 1 amide bonds. The number of thioether (sulfide) groups is 1. The number of ether oxygens (including phenoxy) is 2. The molecule has 1 aliphatic heterocycles. The number of amides is 1. The fourth-order valence-corrected chi connectivity index (χ4v) is 5.16. The van der Waals surface area contributed by atoms with Crippen LogP contribution in [0, 0.1) is 6.92 Å². The molecule has 178 valence electrons. The van der Waals surface area contributed by atoms with E-state index < -0.39 is 0 Å². The van der Waals surface area contributed by atoms with Crippen LogP contribution in [0.3, 0.4) is 0 Å². The Morgan fingerprint density at radius 1 is 1.14 bits per heavy atom. The summed E-state index contributed by atoms with van der Waals surface area (Å²) in [6, 6.07) is 19.1. The average Bonchev–Trinajstić information content (AvgIpc) is 3.11. The number of nitrogens with zero attached hydrogens (tertiary/aromatic N) is 1. The van der Waals surface area contributed by atoms with Gasteiger partial charge in [-0.1, -0.05) is 65.9 Å². The van der Waals surface area contributed by atoms with Gasteiger partial charge in [0.1, 0.15) is 6.61 Å². The number of carbonyl (C=O) groups excluding carboxylic acids is 1. The third-order valence-electron chi connectivity index (χ3n) is 5.39. The molecule has 1 saturated heterocycles. The number of methoxy groups -OCH3 is 1. The largest absolute Gasteiger partial charge is 0.493 e. The van der Waals surface area contributed by atoms with Gasteiger partial charge in [-0.05, 0) is 72.5 Å². The van der Waals surface area contributed by atoms with Gasteiger partial charge in [-0.3, -0.25) is 9.69 Å². The van der Waals surface area contributed by atoms with Crippen LogP contribution in [0.15, 0.2) is 78.2 Å². The first kappa shape index (κ1) is 25.0. The van der Waals surface area contributed by atoms with E-state index in [1.165, 1.54) is 11.8 Å². The molecule has 0 N–H and O–H groups in total. The predicted octanol–water partition coefficient (Wildman–Crippen LogP) is 7.37. The number of carbonyl (C=O) groups is 1. The molecule has 1 aliphatic rings. The van der Waals surface area contributed by atoms with Gasteiger partial charge in [0.2, 0.25) is 0 Å². The highest BCUT2D eigenvalue weighted by molar-refractivity contribution is 8.27. The summed E-state index contributed by atoms with van der Waals surface area (Å²) in [7, 11) is 1.60. The molecule has 0 unspecified atom stereocenters. The topological polar surface area (TPSA) is 38.8 Å². The van der Waals surface area contributed by atoms with E-state index in [4.69, 9.17) is 33.3 Å². The Labute approximate surface area is 220 Å². The number of rotatable bonds is 8. The highest BCUT2D eigenvalue weighted by atomic mass is 35.5. The quantitative estimate of drug-likeness (QED) is 0.176. The van der Waals surface area contributed by atoms with E-state index in [0.29, 0.717) is 38.8 Å². The van der Waals surface area contributed by atoms with E-state index in [2.05, 4.69) is 6.58 Å². The summed E-state index contributed by atoms with van der Waals surface area (Å²) < 4.78 is 12.3. The molecule has 1 fully saturated rings. The molecule has 4 nitrogen and oxygen atoms in total. The van der Waals surface area contributed by atoms with Crippen molar-refractivity contribution in [2.45, 2.75) is 20.0 Å². The number of aryl methyl sites for hydroxylation is 1. The van der Waals surface area contributed by atoms with E-state index in [0.717, 1.165) is 27.9 Å². The van der Waals surface area contributed by atoms with Crippen molar-refractivity contribution < 1.29 is 14.3 Å². The van der Waals surface area contributed by atoms with Gasteiger partial charge < -0.3 is 9.47 Å². The van der Waals surface area contributed by atoms with Crippen molar-refractivity contribution in [3.63, 3.8) is 0 Å². The SMILES string of the molecule is C=CCc1cc(/C=C2/SC(=S)N(c3cccc(C)c3)C2=O)cc(OC)c1OCc1ccc(Cl)cc1. The first-order valence-corrected chi connectivity index (χ1v) is 12.5. The lowest BCUT2D eigenvalue weighted by Crippen LogP contribution is -2.27. The Kier molecular flexibility index (Phi) is 7.96. The van der Waals surface area contributed by atoms with Gasteiger partial charge in [-0.2, -0.15) is 0 Å². The maximum absolute atomic E-state index is 13.2. The molecule has 35 heavy (non-hydrogen) atoms. The molecule has 4 rings (SSSR count). The Morgan fingerprint density at radius 3 is 2.60 bits per heavy atom. The number of allylic oxidation sites excluding steroid dienone is 1. The van der Waals surface area contributed by atoms with Crippen LogP contribution in [-0.4, -0.2) is 17.3 Å². The van der Waals surface area contributed by atoms with Crippen molar-refractivity contribution in [1.82, 2.24) is 0 Å². The maximum atomic E-state index is 13.2. The molecule has 3 aromatic carbocycles. The number of benzene rings is 3. The van der Waals surface area contributed by atoms with Crippen LogP contribution in [-0.2, 0) is 17.8 Å². The van der Waals surface area contributed by atoms with Crippen LogP contribution in [0.1, 0.15) is 22.3 Å². The zero-order valence-corrected chi connectivity index (χ0v) is 21.8. The molecule has 0 radical (unpaired) electrons. The Hall–Kier alpha value is -3.06. The zero-order chi connectivity index (χ0) is 24.9. The Morgan fingerprint density at radius 2 is 1.91 bits per heavy atom. The highest BCUT2D eigenvalue weighted by Crippen LogP contribution is 2.39. The minimum Gasteiger partial charge on any atom is -0.493 e. The lowest BCUT2D eigenvalue weighted by atomic mass is 10.0. The van der Waals surface area contributed by atoms with Crippen LogP contribution >= 0.6 is 35.6 Å². The van der Waals surface area contributed by atoms with E-state index in [-0.39, 0.29) is 5.91 Å². The number of thiocarbonyl (C=S) groups is 1. The van der Waals surface area contributed by atoms with Gasteiger partial charge in [-0.25, -0.2) is 0 Å². The molecule has 0 spiro atoms. The lowest BCUT2D eigenvalue weighted by molar-refractivity contribution is -0.113. The van der Waals surface area contributed by atoms with Crippen molar-refractivity contribution in [2.24, 2.45) is 0 Å². The van der Waals surface area contributed by atoms with Crippen LogP contribution in [0.4, 0.5) is 5.69 Å². The molecular weight excluding hydrogens is 498 g/mol. The van der Waals surface area contributed by atoms with Gasteiger partial charge in [0.15, 0.2) is 15.8 Å². The van der Waals surface area contributed by atoms with Crippen molar-refractivity contribution >= 4 is 57.6 Å². The van der Waals surface area contributed by atoms with Crippen LogP contribution < -0.4 is 14.4 Å². The fourth-order valence-electron chi connectivity index (χ4n) is 3.73. The molecule has 0 aliphatic carbocycles. The van der Waals surface area contributed by atoms with Crippen LogP contribution in [0.5, 0.6) is 11.5 Å². The molecule has 0 atom stereocenters. The molecule has 0 saturated carbocycles. The van der Waals surface area contributed by atoms with E-state index >= 15 is 0 Å². The van der Waals surface area contributed by atoms with E-state index in [9.17, 15) is 4.79 Å². The molecule has 1 heterocycles. The lowest BCUT2D eigenvalue weighted by Gasteiger charge is -2.16. The van der Waals surface area contributed by atoms with Crippen LogP contribution in [0.25, 0.3) is 6.08 Å². The van der Waals surface area contributed by atoms with Gasteiger partial charge >= 0.3 is 0 Å².